The maximum Gasteiger partial charge on any atom is 0.338 e. The molecule has 7 nitrogen and oxygen atoms in total. The van der Waals surface area contributed by atoms with E-state index >= 15 is 0 Å². The van der Waals surface area contributed by atoms with E-state index in [1.807, 2.05) is 6.92 Å². The molecule has 1 amide bonds. The summed E-state index contributed by atoms with van der Waals surface area (Å²) < 4.78 is 30.0. The predicted molar refractivity (Wildman–Crippen MR) is 97.6 cm³/mol. The van der Waals surface area contributed by atoms with Crippen LogP contribution in [0.25, 0.3) is 0 Å². The van der Waals surface area contributed by atoms with Gasteiger partial charge in [0.25, 0.3) is 5.91 Å². The lowest BCUT2D eigenvalue weighted by Crippen LogP contribution is -2.44. The summed E-state index contributed by atoms with van der Waals surface area (Å²) >= 11 is 0. The summed E-state index contributed by atoms with van der Waals surface area (Å²) in [5, 5.41) is 0. The van der Waals surface area contributed by atoms with Gasteiger partial charge in [0, 0.05) is 19.1 Å². The van der Waals surface area contributed by atoms with Gasteiger partial charge in [0.2, 0.25) is 10.0 Å². The molecule has 1 aromatic carbocycles. The highest BCUT2D eigenvalue weighted by atomic mass is 32.2. The fraction of sp³-hybridized carbons (Fsp3) is 0.556. The van der Waals surface area contributed by atoms with Gasteiger partial charge >= 0.3 is 5.97 Å². The SMILES string of the molecule is CC1CCCCN1C(=O)COC(=O)c1ccc2c(c1)CCN2S(C)(=O)=O. The van der Waals surface area contributed by atoms with Crippen LogP contribution in [0.1, 0.15) is 42.1 Å². The number of piperidine rings is 1. The molecule has 1 aromatic rings. The number of amides is 1. The van der Waals surface area contributed by atoms with Gasteiger partial charge in [0.05, 0.1) is 17.5 Å². The molecule has 8 heteroatoms. The van der Waals surface area contributed by atoms with Crippen molar-refractivity contribution in [2.45, 2.75) is 38.6 Å². The largest absolute Gasteiger partial charge is 0.452 e. The predicted octanol–water partition coefficient (Wildman–Crippen LogP) is 1.57. The third kappa shape index (κ3) is 3.85. The highest BCUT2D eigenvalue weighted by Crippen LogP contribution is 2.30. The zero-order chi connectivity index (χ0) is 18.9. The van der Waals surface area contributed by atoms with Crippen LogP contribution in [0.4, 0.5) is 5.69 Å². The van der Waals surface area contributed by atoms with Crippen molar-refractivity contribution >= 4 is 27.6 Å². The van der Waals surface area contributed by atoms with Crippen LogP contribution in [0.3, 0.4) is 0 Å². The van der Waals surface area contributed by atoms with E-state index in [0.29, 0.717) is 30.8 Å². The molecule has 26 heavy (non-hydrogen) atoms. The Labute approximate surface area is 154 Å². The molecule has 0 aromatic heterocycles. The van der Waals surface area contributed by atoms with Crippen LogP contribution in [0.15, 0.2) is 18.2 Å². The van der Waals surface area contributed by atoms with Crippen molar-refractivity contribution in [2.24, 2.45) is 0 Å². The second-order valence-corrected chi connectivity index (χ2v) is 8.84. The number of rotatable bonds is 4. The Hall–Kier alpha value is -2.09. The minimum Gasteiger partial charge on any atom is -0.452 e. The summed E-state index contributed by atoms with van der Waals surface area (Å²) in [5.41, 5.74) is 1.72. The lowest BCUT2D eigenvalue weighted by atomic mass is 10.0. The number of anilines is 1. The number of ether oxygens (including phenoxy) is 1. The first-order valence-corrected chi connectivity index (χ1v) is 10.7. The number of esters is 1. The maximum absolute atomic E-state index is 12.3. The Morgan fingerprint density at radius 2 is 2.00 bits per heavy atom. The van der Waals surface area contributed by atoms with Crippen LogP contribution < -0.4 is 4.31 Å². The van der Waals surface area contributed by atoms with E-state index in [1.165, 1.54) is 4.31 Å². The van der Waals surface area contributed by atoms with E-state index in [-0.39, 0.29) is 18.6 Å². The number of carbonyl (C=O) groups is 2. The summed E-state index contributed by atoms with van der Waals surface area (Å²) in [7, 11) is -3.32. The van der Waals surface area contributed by atoms with Gasteiger partial charge in [-0.2, -0.15) is 0 Å². The molecular weight excluding hydrogens is 356 g/mol. The van der Waals surface area contributed by atoms with E-state index < -0.39 is 16.0 Å². The number of hydrogen-bond acceptors (Lipinski definition) is 5. The Kier molecular flexibility index (Phi) is 5.22. The molecule has 142 valence electrons. The van der Waals surface area contributed by atoms with Gasteiger partial charge in [-0.05, 0) is 56.4 Å². The summed E-state index contributed by atoms with van der Waals surface area (Å²) in [6.07, 6.45) is 4.78. The molecule has 0 saturated carbocycles. The number of sulfonamides is 1. The van der Waals surface area contributed by atoms with Gasteiger partial charge in [-0.25, -0.2) is 13.2 Å². The van der Waals surface area contributed by atoms with Crippen molar-refractivity contribution in [1.29, 1.82) is 0 Å². The molecule has 0 N–H and O–H groups in total. The Bertz CT molecular complexity index is 821. The average molecular weight is 380 g/mol. The molecule has 2 aliphatic heterocycles. The van der Waals surface area contributed by atoms with Gasteiger partial charge in [0.15, 0.2) is 6.61 Å². The normalized spacial score (nSPS) is 20.0. The van der Waals surface area contributed by atoms with Crippen LogP contribution in [0, 0.1) is 0 Å². The molecule has 1 saturated heterocycles. The quantitative estimate of drug-likeness (QED) is 0.741. The molecule has 0 aliphatic carbocycles. The molecule has 1 unspecified atom stereocenters. The van der Waals surface area contributed by atoms with Gasteiger partial charge in [-0.3, -0.25) is 9.10 Å². The topological polar surface area (TPSA) is 84.0 Å². The van der Waals surface area contributed by atoms with Crippen LogP contribution in [0.5, 0.6) is 0 Å². The molecular formula is C18H24N2O5S. The van der Waals surface area contributed by atoms with Crippen molar-refractivity contribution in [3.63, 3.8) is 0 Å². The van der Waals surface area contributed by atoms with Gasteiger partial charge in [0.1, 0.15) is 0 Å². The molecule has 2 aliphatic rings. The summed E-state index contributed by atoms with van der Waals surface area (Å²) in [4.78, 5) is 26.3. The van der Waals surface area contributed by atoms with Crippen LogP contribution in [-0.2, 0) is 26.0 Å². The third-order valence-electron chi connectivity index (χ3n) is 5.02. The first-order valence-electron chi connectivity index (χ1n) is 8.84. The van der Waals surface area contributed by atoms with Crippen LogP contribution in [0.2, 0.25) is 0 Å². The smallest absolute Gasteiger partial charge is 0.338 e. The molecule has 1 atom stereocenters. The summed E-state index contributed by atoms with van der Waals surface area (Å²) in [6, 6.07) is 4.99. The molecule has 0 bridgehead atoms. The number of fused-ring (bicyclic) bond motifs is 1. The van der Waals surface area contributed by atoms with Gasteiger partial charge < -0.3 is 9.64 Å². The number of hydrogen-bond donors (Lipinski definition) is 0. The van der Waals surface area contributed by atoms with Gasteiger partial charge in [-0.1, -0.05) is 0 Å². The van der Waals surface area contributed by atoms with Crippen molar-refractivity contribution in [3.8, 4) is 0 Å². The Morgan fingerprint density at radius 1 is 1.23 bits per heavy atom. The zero-order valence-corrected chi connectivity index (χ0v) is 15.9. The fourth-order valence-corrected chi connectivity index (χ4v) is 4.56. The summed E-state index contributed by atoms with van der Waals surface area (Å²) in [5.74, 6) is -0.737. The lowest BCUT2D eigenvalue weighted by molar-refractivity contribution is -0.137. The van der Waals surface area contributed by atoms with Crippen LogP contribution >= 0.6 is 0 Å². The number of nitrogens with zero attached hydrogens (tertiary/aromatic N) is 2. The van der Waals surface area contributed by atoms with Crippen molar-refractivity contribution in [2.75, 3.05) is 30.3 Å². The van der Waals surface area contributed by atoms with E-state index in [9.17, 15) is 18.0 Å². The van der Waals surface area contributed by atoms with E-state index in [0.717, 1.165) is 31.1 Å². The van der Waals surface area contributed by atoms with E-state index in [1.54, 1.807) is 23.1 Å². The fourth-order valence-electron chi connectivity index (χ4n) is 3.61. The Morgan fingerprint density at radius 3 is 2.69 bits per heavy atom. The molecule has 0 spiro atoms. The van der Waals surface area contributed by atoms with Crippen molar-refractivity contribution < 1.29 is 22.7 Å². The standard InChI is InChI=1S/C18H24N2O5S/c1-13-5-3-4-9-19(13)17(21)12-25-18(22)15-6-7-16-14(11-15)8-10-20(16)26(2,23)24/h6-7,11,13H,3-5,8-10,12H2,1-2H3. The molecule has 0 radical (unpaired) electrons. The number of likely N-dealkylation sites (tertiary alicyclic amines) is 1. The monoisotopic (exact) mass is 380 g/mol. The van der Waals surface area contributed by atoms with Crippen molar-refractivity contribution in [1.82, 2.24) is 4.90 Å². The molecule has 2 heterocycles. The first kappa shape index (κ1) is 18.7. The molecule has 3 rings (SSSR count). The first-order chi connectivity index (χ1) is 12.3. The highest BCUT2D eigenvalue weighted by molar-refractivity contribution is 7.92. The lowest BCUT2D eigenvalue weighted by Gasteiger charge is -2.33. The van der Waals surface area contributed by atoms with E-state index in [4.69, 9.17) is 4.74 Å². The minimum absolute atomic E-state index is 0.171. The summed E-state index contributed by atoms with van der Waals surface area (Å²) in [6.45, 7) is 2.82. The zero-order valence-electron chi connectivity index (χ0n) is 15.1. The molecule has 1 fully saturated rings. The minimum atomic E-state index is -3.32. The van der Waals surface area contributed by atoms with Crippen LogP contribution in [-0.4, -0.2) is 57.2 Å². The number of carbonyl (C=O) groups excluding carboxylic acids is 2. The van der Waals surface area contributed by atoms with Gasteiger partial charge in [-0.15, -0.1) is 0 Å². The Balaban J connectivity index is 1.63. The van der Waals surface area contributed by atoms with Crippen molar-refractivity contribution in [3.05, 3.63) is 29.3 Å². The second kappa shape index (κ2) is 7.26. The van der Waals surface area contributed by atoms with E-state index in [2.05, 4.69) is 0 Å². The third-order valence-corrected chi connectivity index (χ3v) is 6.20. The number of benzene rings is 1. The maximum atomic E-state index is 12.3. The average Bonchev–Trinajstić information content (AvgIpc) is 3.03. The highest BCUT2D eigenvalue weighted by Gasteiger charge is 2.28. The second-order valence-electron chi connectivity index (χ2n) is 6.94.